The van der Waals surface area contributed by atoms with Crippen molar-refractivity contribution < 1.29 is 8.83 Å². The van der Waals surface area contributed by atoms with E-state index in [1.54, 1.807) is 0 Å². The van der Waals surface area contributed by atoms with Gasteiger partial charge in [-0.05, 0) is 31.2 Å². The molecule has 0 aromatic carbocycles. The summed E-state index contributed by atoms with van der Waals surface area (Å²) in [6.45, 7) is 3.76. The Labute approximate surface area is 94.4 Å². The van der Waals surface area contributed by atoms with Crippen LogP contribution in [0.4, 0.5) is 0 Å². The third-order valence-electron chi connectivity index (χ3n) is 2.31. The highest BCUT2D eigenvalue weighted by Gasteiger charge is 2.01. The minimum absolute atomic E-state index is 0.442. The highest BCUT2D eigenvalue weighted by molar-refractivity contribution is 5.08. The van der Waals surface area contributed by atoms with Crippen LogP contribution in [0.5, 0.6) is 0 Å². The molecule has 0 amide bonds. The molecule has 0 radical (unpaired) electrons. The molecule has 0 saturated carbocycles. The predicted molar refractivity (Wildman–Crippen MR) is 60.6 cm³/mol. The second-order valence-electron chi connectivity index (χ2n) is 3.69. The molecule has 2 aromatic heterocycles. The fourth-order valence-electron chi connectivity index (χ4n) is 1.52. The zero-order chi connectivity index (χ0) is 11.4. The van der Waals surface area contributed by atoms with Crippen LogP contribution in [0.1, 0.15) is 23.0 Å². The van der Waals surface area contributed by atoms with Crippen LogP contribution in [0.25, 0.3) is 0 Å². The summed E-state index contributed by atoms with van der Waals surface area (Å²) < 4.78 is 10.9. The molecular formula is C12H16N2O2. The minimum Gasteiger partial charge on any atom is -0.465 e. The maximum atomic E-state index is 5.46. The van der Waals surface area contributed by atoms with Crippen molar-refractivity contribution in [1.29, 1.82) is 0 Å². The van der Waals surface area contributed by atoms with Gasteiger partial charge in [-0.3, -0.25) is 0 Å². The van der Waals surface area contributed by atoms with E-state index >= 15 is 0 Å². The summed E-state index contributed by atoms with van der Waals surface area (Å²) in [7, 11) is 0. The summed E-state index contributed by atoms with van der Waals surface area (Å²) in [4.78, 5) is 0. The van der Waals surface area contributed by atoms with Crippen LogP contribution < -0.4 is 11.1 Å². The predicted octanol–water partition coefficient (Wildman–Crippen LogP) is 1.93. The molecule has 86 valence electrons. The van der Waals surface area contributed by atoms with Crippen molar-refractivity contribution in [1.82, 2.24) is 5.32 Å². The Kier molecular flexibility index (Phi) is 3.44. The van der Waals surface area contributed by atoms with Crippen molar-refractivity contribution in [3.63, 3.8) is 0 Å². The van der Waals surface area contributed by atoms with Crippen molar-refractivity contribution in [2.45, 2.75) is 26.6 Å². The van der Waals surface area contributed by atoms with E-state index in [1.165, 1.54) is 0 Å². The first-order chi connectivity index (χ1) is 7.78. The van der Waals surface area contributed by atoms with Crippen molar-refractivity contribution in [2.24, 2.45) is 5.73 Å². The smallest absolute Gasteiger partial charge is 0.118 e. The fourth-order valence-corrected chi connectivity index (χ4v) is 1.52. The Balaban J connectivity index is 1.79. The summed E-state index contributed by atoms with van der Waals surface area (Å²) in [5.74, 6) is 3.57. The van der Waals surface area contributed by atoms with Gasteiger partial charge in [0.25, 0.3) is 0 Å². The number of aryl methyl sites for hydroxylation is 1. The van der Waals surface area contributed by atoms with Crippen LogP contribution in [0.2, 0.25) is 0 Å². The molecule has 2 rings (SSSR count). The third-order valence-corrected chi connectivity index (χ3v) is 2.31. The quantitative estimate of drug-likeness (QED) is 0.808. The van der Waals surface area contributed by atoms with E-state index < -0.39 is 0 Å². The highest BCUT2D eigenvalue weighted by atomic mass is 16.3. The maximum absolute atomic E-state index is 5.46. The molecule has 0 fully saturated rings. The van der Waals surface area contributed by atoms with Gasteiger partial charge in [0, 0.05) is 0 Å². The molecule has 16 heavy (non-hydrogen) atoms. The van der Waals surface area contributed by atoms with E-state index in [4.69, 9.17) is 14.6 Å². The molecule has 4 nitrogen and oxygen atoms in total. The Morgan fingerprint density at radius 3 is 2.19 bits per heavy atom. The molecule has 0 unspecified atom stereocenters. The summed E-state index contributed by atoms with van der Waals surface area (Å²) in [6, 6.07) is 7.75. The average Bonchev–Trinajstić information content (AvgIpc) is 2.88. The fraction of sp³-hybridized carbons (Fsp3) is 0.333. The van der Waals surface area contributed by atoms with Gasteiger partial charge in [0.05, 0.1) is 19.6 Å². The lowest BCUT2D eigenvalue weighted by Crippen LogP contribution is -2.11. The molecule has 0 atom stereocenters. The molecule has 2 aromatic rings. The summed E-state index contributed by atoms with van der Waals surface area (Å²) in [5.41, 5.74) is 5.46. The number of rotatable bonds is 5. The lowest BCUT2D eigenvalue weighted by atomic mass is 10.4. The Morgan fingerprint density at radius 1 is 1.00 bits per heavy atom. The maximum Gasteiger partial charge on any atom is 0.118 e. The second-order valence-corrected chi connectivity index (χ2v) is 3.69. The van der Waals surface area contributed by atoms with Crippen LogP contribution in [-0.4, -0.2) is 0 Å². The molecule has 0 aliphatic carbocycles. The van der Waals surface area contributed by atoms with Gasteiger partial charge in [0.2, 0.25) is 0 Å². The van der Waals surface area contributed by atoms with Crippen molar-refractivity contribution in [2.75, 3.05) is 0 Å². The molecule has 3 N–H and O–H groups in total. The lowest BCUT2D eigenvalue weighted by Gasteiger charge is -1.99. The average molecular weight is 220 g/mol. The van der Waals surface area contributed by atoms with E-state index in [0.717, 1.165) is 23.0 Å². The number of hydrogen-bond donors (Lipinski definition) is 2. The standard InChI is InChI=1S/C12H16N2O2/c1-9-2-3-11(15-9)7-14-8-12-5-4-10(6-13)16-12/h2-5,14H,6-8,13H2,1H3. The van der Waals surface area contributed by atoms with E-state index in [1.807, 2.05) is 31.2 Å². The van der Waals surface area contributed by atoms with E-state index in [-0.39, 0.29) is 0 Å². The molecule has 0 saturated heterocycles. The van der Waals surface area contributed by atoms with Gasteiger partial charge in [0.15, 0.2) is 0 Å². The van der Waals surface area contributed by atoms with E-state index in [2.05, 4.69) is 5.32 Å². The van der Waals surface area contributed by atoms with Crippen LogP contribution >= 0.6 is 0 Å². The van der Waals surface area contributed by atoms with Crippen LogP contribution in [0.3, 0.4) is 0 Å². The number of furan rings is 2. The Hall–Kier alpha value is -1.52. The first-order valence-corrected chi connectivity index (χ1v) is 5.31. The first kappa shape index (κ1) is 11.0. The van der Waals surface area contributed by atoms with Crippen molar-refractivity contribution in [3.8, 4) is 0 Å². The van der Waals surface area contributed by atoms with Gasteiger partial charge < -0.3 is 19.9 Å². The highest BCUT2D eigenvalue weighted by Crippen LogP contribution is 2.08. The van der Waals surface area contributed by atoms with Gasteiger partial charge in [-0.25, -0.2) is 0 Å². The molecule has 4 heteroatoms. The second kappa shape index (κ2) is 5.01. The molecular weight excluding hydrogens is 204 g/mol. The number of nitrogens with two attached hydrogens (primary N) is 1. The lowest BCUT2D eigenvalue weighted by molar-refractivity contribution is 0.426. The van der Waals surface area contributed by atoms with Crippen molar-refractivity contribution >= 4 is 0 Å². The monoisotopic (exact) mass is 220 g/mol. The third kappa shape index (κ3) is 2.74. The molecule has 0 bridgehead atoms. The molecule has 2 heterocycles. The molecule has 0 aliphatic heterocycles. The minimum atomic E-state index is 0.442. The van der Waals surface area contributed by atoms with Crippen LogP contribution in [0.15, 0.2) is 33.1 Å². The summed E-state index contributed by atoms with van der Waals surface area (Å²) in [5, 5.41) is 3.24. The first-order valence-electron chi connectivity index (χ1n) is 5.31. The Bertz CT molecular complexity index is 445. The summed E-state index contributed by atoms with van der Waals surface area (Å²) in [6.07, 6.45) is 0. The Morgan fingerprint density at radius 2 is 1.62 bits per heavy atom. The number of hydrogen-bond acceptors (Lipinski definition) is 4. The summed E-state index contributed by atoms with van der Waals surface area (Å²) >= 11 is 0. The van der Waals surface area contributed by atoms with Crippen LogP contribution in [-0.2, 0) is 19.6 Å². The zero-order valence-electron chi connectivity index (χ0n) is 9.32. The van der Waals surface area contributed by atoms with E-state index in [9.17, 15) is 0 Å². The van der Waals surface area contributed by atoms with Gasteiger partial charge >= 0.3 is 0 Å². The zero-order valence-corrected chi connectivity index (χ0v) is 9.32. The number of nitrogens with one attached hydrogen (secondary N) is 1. The van der Waals surface area contributed by atoms with Crippen LogP contribution in [0, 0.1) is 6.92 Å². The van der Waals surface area contributed by atoms with Gasteiger partial charge in [-0.2, -0.15) is 0 Å². The van der Waals surface area contributed by atoms with Gasteiger partial charge in [0.1, 0.15) is 23.0 Å². The topological polar surface area (TPSA) is 64.3 Å². The molecule has 0 spiro atoms. The van der Waals surface area contributed by atoms with Gasteiger partial charge in [-0.15, -0.1) is 0 Å². The van der Waals surface area contributed by atoms with Gasteiger partial charge in [-0.1, -0.05) is 0 Å². The van der Waals surface area contributed by atoms with E-state index in [0.29, 0.717) is 19.6 Å². The normalized spacial score (nSPS) is 10.9. The largest absolute Gasteiger partial charge is 0.465 e. The SMILES string of the molecule is Cc1ccc(CNCc2ccc(CN)o2)o1. The molecule has 0 aliphatic rings. The van der Waals surface area contributed by atoms with Crippen molar-refractivity contribution in [3.05, 3.63) is 47.3 Å².